The second-order valence-electron chi connectivity index (χ2n) is 8.54. The highest BCUT2D eigenvalue weighted by Gasteiger charge is 2.35. The van der Waals surface area contributed by atoms with Crippen molar-refractivity contribution < 1.29 is 14.3 Å². The van der Waals surface area contributed by atoms with Gasteiger partial charge in [0, 0.05) is 24.9 Å². The Kier molecular flexibility index (Phi) is 7.84. The van der Waals surface area contributed by atoms with Gasteiger partial charge in [-0.3, -0.25) is 4.79 Å². The van der Waals surface area contributed by atoms with Gasteiger partial charge in [0.25, 0.3) is 5.91 Å². The molecule has 1 heterocycles. The molecule has 33 heavy (non-hydrogen) atoms. The van der Waals surface area contributed by atoms with E-state index in [1.165, 1.54) is 25.7 Å². The third-order valence-electron chi connectivity index (χ3n) is 6.27. The zero-order valence-corrected chi connectivity index (χ0v) is 19.7. The van der Waals surface area contributed by atoms with Crippen LogP contribution in [0.1, 0.15) is 61.1 Å². The van der Waals surface area contributed by atoms with Crippen LogP contribution in [0.15, 0.2) is 60.7 Å². The van der Waals surface area contributed by atoms with E-state index in [1.54, 1.807) is 7.11 Å². The summed E-state index contributed by atoms with van der Waals surface area (Å²) >= 11 is 0. The predicted molar refractivity (Wildman–Crippen MR) is 134 cm³/mol. The molecule has 0 fully saturated rings. The van der Waals surface area contributed by atoms with E-state index in [0.29, 0.717) is 25.3 Å². The van der Waals surface area contributed by atoms with Crippen molar-refractivity contribution in [2.24, 2.45) is 0 Å². The van der Waals surface area contributed by atoms with E-state index in [1.807, 2.05) is 47.4 Å². The first-order chi connectivity index (χ1) is 16.2. The van der Waals surface area contributed by atoms with Gasteiger partial charge in [0.15, 0.2) is 0 Å². The van der Waals surface area contributed by atoms with Crippen molar-refractivity contribution in [3.63, 3.8) is 0 Å². The van der Waals surface area contributed by atoms with E-state index in [2.05, 4.69) is 30.4 Å². The lowest BCUT2D eigenvalue weighted by molar-refractivity contribution is 0.0608. The topological polar surface area (TPSA) is 50.8 Å². The second kappa shape index (κ2) is 11.2. The van der Waals surface area contributed by atoms with Crippen LogP contribution < -0.4 is 10.1 Å². The van der Waals surface area contributed by atoms with Crippen molar-refractivity contribution >= 4 is 22.4 Å². The maximum atomic E-state index is 13.5. The number of amides is 1. The summed E-state index contributed by atoms with van der Waals surface area (Å²) in [5, 5.41) is 5.84. The molecule has 5 nitrogen and oxygen atoms in total. The normalized spacial score (nSPS) is 15.4. The van der Waals surface area contributed by atoms with Gasteiger partial charge >= 0.3 is 0 Å². The lowest BCUT2D eigenvalue weighted by Gasteiger charge is -2.39. The highest BCUT2D eigenvalue weighted by molar-refractivity contribution is 6.02. The SMILES string of the molecule is CCCCCCCOc1ccc2ccccc2c1C1Nc2ccccc2C(=O)N1CCOC. The monoisotopic (exact) mass is 446 g/mol. The van der Waals surface area contributed by atoms with Gasteiger partial charge in [-0.1, -0.05) is 75.1 Å². The number of ether oxygens (including phenoxy) is 2. The number of unbranched alkanes of at least 4 members (excludes halogenated alkanes) is 4. The number of nitrogens with one attached hydrogen (secondary N) is 1. The van der Waals surface area contributed by atoms with Crippen molar-refractivity contribution in [2.75, 3.05) is 32.2 Å². The third-order valence-corrected chi connectivity index (χ3v) is 6.27. The molecular weight excluding hydrogens is 412 g/mol. The van der Waals surface area contributed by atoms with Crippen LogP contribution in [-0.2, 0) is 4.74 Å². The fourth-order valence-corrected chi connectivity index (χ4v) is 4.51. The van der Waals surface area contributed by atoms with E-state index in [0.717, 1.165) is 34.2 Å². The van der Waals surface area contributed by atoms with Gasteiger partial charge in [0.05, 0.1) is 18.8 Å². The molecule has 0 aliphatic carbocycles. The molecule has 1 N–H and O–H groups in total. The number of anilines is 1. The second-order valence-corrected chi connectivity index (χ2v) is 8.54. The first-order valence-electron chi connectivity index (χ1n) is 12.0. The fourth-order valence-electron chi connectivity index (χ4n) is 4.51. The zero-order valence-electron chi connectivity index (χ0n) is 19.7. The molecule has 4 rings (SSSR count). The molecule has 1 aliphatic heterocycles. The molecule has 0 aromatic heterocycles. The number of hydrogen-bond acceptors (Lipinski definition) is 4. The molecule has 0 saturated carbocycles. The average Bonchev–Trinajstić information content (AvgIpc) is 2.85. The van der Waals surface area contributed by atoms with Crippen LogP contribution >= 0.6 is 0 Å². The van der Waals surface area contributed by atoms with E-state index < -0.39 is 0 Å². The van der Waals surface area contributed by atoms with Gasteiger partial charge in [-0.25, -0.2) is 0 Å². The summed E-state index contributed by atoms with van der Waals surface area (Å²) in [5.41, 5.74) is 2.53. The molecule has 1 atom stereocenters. The lowest BCUT2D eigenvalue weighted by atomic mass is 9.97. The van der Waals surface area contributed by atoms with Gasteiger partial charge in [-0.15, -0.1) is 0 Å². The van der Waals surface area contributed by atoms with E-state index in [9.17, 15) is 4.79 Å². The minimum Gasteiger partial charge on any atom is -0.493 e. The first-order valence-corrected chi connectivity index (χ1v) is 12.0. The molecule has 1 unspecified atom stereocenters. The van der Waals surface area contributed by atoms with Crippen LogP contribution in [-0.4, -0.2) is 37.7 Å². The summed E-state index contributed by atoms with van der Waals surface area (Å²) in [6.07, 6.45) is 5.59. The summed E-state index contributed by atoms with van der Waals surface area (Å²) in [7, 11) is 1.66. The van der Waals surface area contributed by atoms with E-state index >= 15 is 0 Å². The third kappa shape index (κ3) is 5.14. The smallest absolute Gasteiger partial charge is 0.257 e. The minimum atomic E-state index is -0.344. The standard InChI is InChI=1S/C28H34N2O3/c1-3-4-5-6-11-19-33-25-17-16-21-12-7-8-13-22(21)26(25)27-29-24-15-10-9-14-23(24)28(31)30(27)18-20-32-2/h7-10,12-17,27,29H,3-6,11,18-20H2,1-2H3. The molecule has 174 valence electrons. The first kappa shape index (κ1) is 23.1. The minimum absolute atomic E-state index is 0.00449. The quantitative estimate of drug-likeness (QED) is 0.346. The van der Waals surface area contributed by atoms with Crippen LogP contribution in [0.2, 0.25) is 0 Å². The van der Waals surface area contributed by atoms with Crippen LogP contribution in [0.4, 0.5) is 5.69 Å². The molecule has 0 saturated heterocycles. The summed E-state index contributed by atoms with van der Waals surface area (Å²) in [6.45, 7) is 3.85. The van der Waals surface area contributed by atoms with Gasteiger partial charge in [0.1, 0.15) is 11.9 Å². The maximum Gasteiger partial charge on any atom is 0.257 e. The number of carbonyl (C=O) groups excluding carboxylic acids is 1. The van der Waals surface area contributed by atoms with Crippen LogP contribution in [0.3, 0.4) is 0 Å². The molecule has 1 aliphatic rings. The summed E-state index contributed by atoms with van der Waals surface area (Å²) in [6, 6.07) is 20.1. The Hall–Kier alpha value is -3.05. The molecule has 0 radical (unpaired) electrons. The van der Waals surface area contributed by atoms with Gasteiger partial charge in [-0.05, 0) is 35.4 Å². The van der Waals surface area contributed by atoms with E-state index in [-0.39, 0.29) is 12.1 Å². The average molecular weight is 447 g/mol. The Balaban J connectivity index is 1.71. The molecule has 1 amide bonds. The molecular formula is C28H34N2O3. The largest absolute Gasteiger partial charge is 0.493 e. The molecule has 0 spiro atoms. The van der Waals surface area contributed by atoms with E-state index in [4.69, 9.17) is 9.47 Å². The van der Waals surface area contributed by atoms with Crippen molar-refractivity contribution in [1.82, 2.24) is 4.90 Å². The Bertz CT molecular complexity index is 1080. The van der Waals surface area contributed by atoms with Gasteiger partial charge in [0.2, 0.25) is 0 Å². The highest BCUT2D eigenvalue weighted by atomic mass is 16.5. The van der Waals surface area contributed by atoms with Crippen LogP contribution in [0.25, 0.3) is 10.8 Å². The zero-order chi connectivity index (χ0) is 23.0. The maximum absolute atomic E-state index is 13.5. The molecule has 0 bridgehead atoms. The lowest BCUT2D eigenvalue weighted by Crippen LogP contribution is -2.44. The Morgan fingerprint density at radius 1 is 0.909 bits per heavy atom. The number of hydrogen-bond donors (Lipinski definition) is 1. The number of fused-ring (bicyclic) bond motifs is 2. The molecule has 3 aromatic carbocycles. The fraction of sp³-hybridized carbons (Fsp3) is 0.393. The number of benzene rings is 3. The number of methoxy groups -OCH3 is 1. The number of rotatable bonds is 11. The Morgan fingerprint density at radius 3 is 2.55 bits per heavy atom. The highest BCUT2D eigenvalue weighted by Crippen LogP contribution is 2.40. The predicted octanol–water partition coefficient (Wildman–Crippen LogP) is 6.40. The van der Waals surface area contributed by atoms with Crippen LogP contribution in [0.5, 0.6) is 5.75 Å². The van der Waals surface area contributed by atoms with Crippen molar-refractivity contribution in [2.45, 2.75) is 45.2 Å². The summed E-state index contributed by atoms with van der Waals surface area (Å²) in [5.74, 6) is 0.834. The Labute approximate surface area is 196 Å². The summed E-state index contributed by atoms with van der Waals surface area (Å²) in [4.78, 5) is 15.4. The van der Waals surface area contributed by atoms with Gasteiger partial charge in [-0.2, -0.15) is 0 Å². The number of para-hydroxylation sites is 1. The number of carbonyl (C=O) groups is 1. The Morgan fingerprint density at radius 2 is 1.70 bits per heavy atom. The summed E-state index contributed by atoms with van der Waals surface area (Å²) < 4.78 is 11.7. The van der Waals surface area contributed by atoms with Crippen molar-refractivity contribution in [1.29, 1.82) is 0 Å². The van der Waals surface area contributed by atoms with Crippen molar-refractivity contribution in [3.8, 4) is 5.75 Å². The van der Waals surface area contributed by atoms with Crippen molar-refractivity contribution in [3.05, 3.63) is 71.8 Å². The van der Waals surface area contributed by atoms with Gasteiger partial charge < -0.3 is 19.7 Å². The molecule has 3 aromatic rings. The number of nitrogens with zero attached hydrogens (tertiary/aromatic N) is 1. The van der Waals surface area contributed by atoms with Crippen LogP contribution in [0, 0.1) is 0 Å². The molecule has 5 heteroatoms.